The maximum absolute atomic E-state index is 5.63. The molecule has 2 heterocycles. The summed E-state index contributed by atoms with van der Waals surface area (Å²) in [6.45, 7) is 0. The highest BCUT2D eigenvalue weighted by Gasteiger charge is 2.06. The minimum absolute atomic E-state index is 0.246. The highest BCUT2D eigenvalue weighted by Crippen LogP contribution is 2.21. The molecule has 6 heteroatoms. The average Bonchev–Trinajstić information content (AvgIpc) is 2.28. The van der Waals surface area contributed by atoms with Gasteiger partial charge < -0.3 is 0 Å². The maximum atomic E-state index is 5.63. The van der Waals surface area contributed by atoms with Gasteiger partial charge in [0.25, 0.3) is 0 Å². The zero-order valence-electron chi connectivity index (χ0n) is 5.63. The van der Waals surface area contributed by atoms with Crippen LogP contribution in [0.15, 0.2) is 16.9 Å². The number of halogens is 3. The van der Waals surface area contributed by atoms with Crippen LogP contribution in [0.2, 0.25) is 5.28 Å². The van der Waals surface area contributed by atoms with E-state index in [1.165, 1.54) is 0 Å². The van der Waals surface area contributed by atoms with E-state index >= 15 is 0 Å². The van der Waals surface area contributed by atoms with E-state index < -0.39 is 0 Å². The molecule has 0 bridgehead atoms. The van der Waals surface area contributed by atoms with Crippen molar-refractivity contribution in [1.29, 1.82) is 0 Å². The second-order valence-corrected chi connectivity index (χ2v) is 4.45. The fraction of sp³-hybridized carbons (Fsp3) is 0. The van der Waals surface area contributed by atoms with Crippen LogP contribution in [-0.2, 0) is 0 Å². The second-order valence-electron chi connectivity index (χ2n) is 2.14. The van der Waals surface area contributed by atoms with Gasteiger partial charge in [-0.1, -0.05) is 0 Å². The summed E-state index contributed by atoms with van der Waals surface area (Å²) < 4.78 is 3.68. The summed E-state index contributed by atoms with van der Waals surface area (Å²) in [5.74, 6) is 0. The molecule has 2 aromatic heterocycles. The number of nitrogens with zero attached hydrogens (tertiary/aromatic N) is 3. The van der Waals surface area contributed by atoms with Gasteiger partial charge in [-0.2, -0.15) is 0 Å². The van der Waals surface area contributed by atoms with Crippen LogP contribution in [0, 0.1) is 3.57 Å². The van der Waals surface area contributed by atoms with Crippen LogP contribution < -0.4 is 0 Å². The molecule has 0 atom stereocenters. The molecular formula is C6H2BrClIN3. The first-order valence-electron chi connectivity index (χ1n) is 3.04. The number of rotatable bonds is 0. The Labute approximate surface area is 95.4 Å². The van der Waals surface area contributed by atoms with Gasteiger partial charge in [0.2, 0.25) is 5.28 Å². The normalized spacial score (nSPS) is 10.9. The molecule has 0 N–H and O–H groups in total. The highest BCUT2D eigenvalue weighted by molar-refractivity contribution is 14.1. The Morgan fingerprint density at radius 3 is 3.08 bits per heavy atom. The number of hydrogen-bond acceptors (Lipinski definition) is 2. The van der Waals surface area contributed by atoms with Crippen LogP contribution in [0.1, 0.15) is 0 Å². The predicted molar refractivity (Wildman–Crippen MR) is 58.4 cm³/mol. The van der Waals surface area contributed by atoms with Gasteiger partial charge in [-0.3, -0.25) is 0 Å². The van der Waals surface area contributed by atoms with Gasteiger partial charge in [0.1, 0.15) is 4.60 Å². The van der Waals surface area contributed by atoms with Gasteiger partial charge in [-0.05, 0) is 56.2 Å². The molecule has 2 aromatic rings. The summed E-state index contributed by atoms with van der Waals surface area (Å²) in [7, 11) is 0. The summed E-state index contributed by atoms with van der Waals surface area (Å²) in [4.78, 5) is 3.89. The average molecular weight is 358 g/mol. The van der Waals surface area contributed by atoms with Crippen molar-refractivity contribution >= 4 is 55.6 Å². The van der Waals surface area contributed by atoms with E-state index in [1.54, 1.807) is 10.7 Å². The molecule has 0 amide bonds. The predicted octanol–water partition coefficient (Wildman–Crippen LogP) is 2.75. The van der Waals surface area contributed by atoms with Gasteiger partial charge in [0, 0.05) is 3.57 Å². The Balaban J connectivity index is 2.90. The fourth-order valence-corrected chi connectivity index (χ4v) is 2.61. The van der Waals surface area contributed by atoms with Crippen molar-refractivity contribution in [2.75, 3.05) is 0 Å². The Kier molecular flexibility index (Phi) is 2.26. The zero-order valence-corrected chi connectivity index (χ0v) is 10.1. The van der Waals surface area contributed by atoms with Gasteiger partial charge >= 0.3 is 0 Å². The molecule has 12 heavy (non-hydrogen) atoms. The lowest BCUT2D eigenvalue weighted by Crippen LogP contribution is -1.93. The highest BCUT2D eigenvalue weighted by atomic mass is 127. The summed E-state index contributed by atoms with van der Waals surface area (Å²) in [5, 5.41) is 4.26. The molecule has 0 saturated carbocycles. The molecule has 0 aromatic carbocycles. The van der Waals surface area contributed by atoms with Gasteiger partial charge in [0.15, 0.2) is 0 Å². The van der Waals surface area contributed by atoms with Crippen molar-refractivity contribution in [1.82, 2.24) is 14.6 Å². The minimum atomic E-state index is 0.246. The van der Waals surface area contributed by atoms with Crippen LogP contribution in [0.3, 0.4) is 0 Å². The van der Waals surface area contributed by atoms with Gasteiger partial charge in [0.05, 0.1) is 11.7 Å². The van der Waals surface area contributed by atoms with Crippen molar-refractivity contribution in [3.05, 3.63) is 25.7 Å². The standard InChI is InChI=1S/C6H2BrClIN3/c7-5-1-3(9)4-2-10-6(8)11-12(4)5/h1-2H. The van der Waals surface area contributed by atoms with E-state index in [9.17, 15) is 0 Å². The summed E-state index contributed by atoms with van der Waals surface area (Å²) in [6, 6.07) is 1.96. The number of hydrogen-bond donors (Lipinski definition) is 0. The van der Waals surface area contributed by atoms with Crippen LogP contribution in [0.4, 0.5) is 0 Å². The quantitative estimate of drug-likeness (QED) is 0.678. The van der Waals surface area contributed by atoms with Crippen molar-refractivity contribution in [2.24, 2.45) is 0 Å². The first kappa shape index (κ1) is 8.71. The molecule has 0 spiro atoms. The van der Waals surface area contributed by atoms with E-state index in [0.717, 1.165) is 13.7 Å². The molecule has 0 aliphatic heterocycles. The summed E-state index contributed by atoms with van der Waals surface area (Å²) in [5.41, 5.74) is 0.951. The fourth-order valence-electron chi connectivity index (χ4n) is 0.897. The molecule has 0 saturated heterocycles. The van der Waals surface area contributed by atoms with Crippen LogP contribution in [0.5, 0.6) is 0 Å². The third kappa shape index (κ3) is 1.33. The zero-order chi connectivity index (χ0) is 8.72. The molecule has 62 valence electrons. The van der Waals surface area contributed by atoms with Crippen LogP contribution >= 0.6 is 50.1 Å². The molecule has 3 nitrogen and oxygen atoms in total. The Morgan fingerprint density at radius 2 is 2.33 bits per heavy atom. The van der Waals surface area contributed by atoms with E-state index in [4.69, 9.17) is 11.6 Å². The largest absolute Gasteiger partial charge is 0.241 e. The molecule has 0 aliphatic rings. The maximum Gasteiger partial charge on any atom is 0.241 e. The van der Waals surface area contributed by atoms with Crippen molar-refractivity contribution < 1.29 is 0 Å². The van der Waals surface area contributed by atoms with Gasteiger partial charge in [-0.25, -0.2) is 9.50 Å². The first-order valence-corrected chi connectivity index (χ1v) is 5.29. The molecule has 0 aliphatic carbocycles. The minimum Gasteiger partial charge on any atom is -0.223 e. The third-order valence-corrected chi connectivity index (χ3v) is 3.00. The summed E-state index contributed by atoms with van der Waals surface area (Å²) >= 11 is 11.2. The molecule has 0 fully saturated rings. The third-order valence-electron chi connectivity index (χ3n) is 1.40. The van der Waals surface area contributed by atoms with E-state index in [2.05, 4.69) is 48.6 Å². The molecule has 0 unspecified atom stereocenters. The monoisotopic (exact) mass is 357 g/mol. The summed E-state index contributed by atoms with van der Waals surface area (Å²) in [6.07, 6.45) is 1.70. The van der Waals surface area contributed by atoms with Crippen molar-refractivity contribution in [3.63, 3.8) is 0 Å². The van der Waals surface area contributed by atoms with E-state index in [-0.39, 0.29) is 5.28 Å². The van der Waals surface area contributed by atoms with E-state index in [1.807, 2.05) is 6.07 Å². The van der Waals surface area contributed by atoms with Crippen LogP contribution in [0.25, 0.3) is 5.52 Å². The lowest BCUT2D eigenvalue weighted by molar-refractivity contribution is 0.885. The topological polar surface area (TPSA) is 30.2 Å². The van der Waals surface area contributed by atoms with E-state index in [0.29, 0.717) is 0 Å². The molecular weight excluding hydrogens is 356 g/mol. The molecule has 2 rings (SSSR count). The smallest absolute Gasteiger partial charge is 0.223 e. The lowest BCUT2D eigenvalue weighted by atomic mass is 10.5. The number of aromatic nitrogens is 3. The lowest BCUT2D eigenvalue weighted by Gasteiger charge is -1.94. The van der Waals surface area contributed by atoms with Crippen molar-refractivity contribution in [3.8, 4) is 0 Å². The molecule has 0 radical (unpaired) electrons. The SMILES string of the molecule is Clc1ncc2c(I)cc(Br)n2n1. The number of fused-ring (bicyclic) bond motifs is 1. The van der Waals surface area contributed by atoms with Crippen LogP contribution in [-0.4, -0.2) is 14.6 Å². The Morgan fingerprint density at radius 1 is 1.58 bits per heavy atom. The van der Waals surface area contributed by atoms with Crippen molar-refractivity contribution in [2.45, 2.75) is 0 Å². The Hall–Kier alpha value is 0.120. The Bertz CT molecular complexity index is 442. The second kappa shape index (κ2) is 3.12. The first-order chi connectivity index (χ1) is 5.68. The van der Waals surface area contributed by atoms with Gasteiger partial charge in [-0.15, -0.1) is 5.10 Å².